The van der Waals surface area contributed by atoms with Crippen molar-refractivity contribution in [2.45, 2.75) is 91.0 Å². The number of likely N-dealkylation sites (tertiary alicyclic amines) is 1. The van der Waals surface area contributed by atoms with Crippen LogP contribution in [0, 0.1) is 5.92 Å². The summed E-state index contributed by atoms with van der Waals surface area (Å²) < 4.78 is 17.1. The van der Waals surface area contributed by atoms with Gasteiger partial charge in [0, 0.05) is 46.2 Å². The van der Waals surface area contributed by atoms with Crippen molar-refractivity contribution in [1.29, 1.82) is 0 Å². The first-order chi connectivity index (χ1) is 31.8. The van der Waals surface area contributed by atoms with E-state index >= 15 is 0 Å². The van der Waals surface area contributed by atoms with Crippen LogP contribution in [0.2, 0.25) is 0 Å². The largest absolute Gasteiger partial charge is 0.508 e. The highest BCUT2D eigenvalue weighted by molar-refractivity contribution is 5.91. The molecule has 0 saturated carbocycles. The Balaban J connectivity index is 0.803. The van der Waals surface area contributed by atoms with E-state index in [1.54, 1.807) is 41.8 Å². The molecule has 16 heteroatoms. The highest BCUT2D eigenvalue weighted by Crippen LogP contribution is 2.43. The molecule has 0 unspecified atom stereocenters. The summed E-state index contributed by atoms with van der Waals surface area (Å²) in [4.78, 5) is 48.6. The van der Waals surface area contributed by atoms with Crippen LogP contribution in [0.25, 0.3) is 50.3 Å². The molecule has 0 bridgehead atoms. The molecular formula is C50H51N7O9. The van der Waals surface area contributed by atoms with Crippen molar-refractivity contribution in [3.63, 3.8) is 0 Å². The smallest absolute Gasteiger partial charge is 0.355 e. The first kappa shape index (κ1) is 42.7. The van der Waals surface area contributed by atoms with Crippen LogP contribution in [0.1, 0.15) is 87.1 Å². The summed E-state index contributed by atoms with van der Waals surface area (Å²) >= 11 is 0. The van der Waals surface area contributed by atoms with Crippen molar-refractivity contribution in [1.82, 2.24) is 33.8 Å². The summed E-state index contributed by atoms with van der Waals surface area (Å²) in [6.45, 7) is 9.84. The van der Waals surface area contributed by atoms with Crippen molar-refractivity contribution in [3.05, 3.63) is 105 Å². The Hall–Kier alpha value is -7.20. The topological polar surface area (TPSA) is 207 Å². The molecule has 1 atom stereocenters. The lowest BCUT2D eigenvalue weighted by Crippen LogP contribution is -2.49. The zero-order valence-electron chi connectivity index (χ0n) is 37.2. The molecular weight excluding hydrogens is 843 g/mol. The van der Waals surface area contributed by atoms with E-state index in [2.05, 4.69) is 14.8 Å². The number of fused-ring (bicyclic) bond motifs is 6. The van der Waals surface area contributed by atoms with Crippen LogP contribution in [0.5, 0.6) is 23.3 Å². The number of aryl methyl sites for hydroxylation is 2. The van der Waals surface area contributed by atoms with Crippen LogP contribution in [-0.2, 0) is 50.8 Å². The minimum absolute atomic E-state index is 0.0103. The maximum Gasteiger partial charge on any atom is 0.355 e. The molecule has 4 aromatic heterocycles. The highest BCUT2D eigenvalue weighted by atomic mass is 16.6. The van der Waals surface area contributed by atoms with E-state index in [1.807, 2.05) is 56.1 Å². The molecule has 0 spiro atoms. The fourth-order valence-corrected chi connectivity index (χ4v) is 10.3. The standard InChI is InChI=1S/C50H51N7O9/c1-5-32-34-20-31(58)8-9-39(34)51-45-36(32)24-56-41(45)22-38-37(47(56)62)26-65-48(63)50(38,6-2)66-44(61)25-54-15-11-28(12-16-54)13-17-55-18-14-29-19-30(7-10-40(29)55)57-46(52-53-49(57)64)35-21-33(27(3)4)42(59)23-43(35)60/h7-10,14,18-23,27-28,58-60H,5-6,11-13,15-17,24-26H2,1-4H3,(H,53,64)/t50-/m0/s1. The van der Waals surface area contributed by atoms with Gasteiger partial charge in [0.1, 0.15) is 23.9 Å². The molecule has 10 rings (SSSR count). The maximum absolute atomic E-state index is 14.2. The van der Waals surface area contributed by atoms with Gasteiger partial charge in [-0.2, -0.15) is 0 Å². The molecule has 0 amide bonds. The molecule has 16 nitrogen and oxygen atoms in total. The number of esters is 2. The van der Waals surface area contributed by atoms with Gasteiger partial charge in [0.2, 0.25) is 5.60 Å². The Kier molecular flexibility index (Phi) is 10.6. The van der Waals surface area contributed by atoms with Crippen LogP contribution in [-0.4, -0.2) is 85.8 Å². The number of piperidine rings is 1. The third-order valence-corrected chi connectivity index (χ3v) is 13.9. The van der Waals surface area contributed by atoms with Crippen LogP contribution in [0.3, 0.4) is 0 Å². The van der Waals surface area contributed by atoms with E-state index in [-0.39, 0.29) is 65.7 Å². The van der Waals surface area contributed by atoms with Crippen molar-refractivity contribution < 1.29 is 39.5 Å². The summed E-state index contributed by atoms with van der Waals surface area (Å²) in [5, 5.41) is 52.0. The van der Waals surface area contributed by atoms with Gasteiger partial charge in [-0.25, -0.2) is 14.3 Å². The first-order valence-corrected chi connectivity index (χ1v) is 22.6. The molecule has 3 aliphatic heterocycles. The number of carbonyl (C=O) groups excluding carboxylic acids is 2. The summed E-state index contributed by atoms with van der Waals surface area (Å²) in [5.74, 6) is -0.686. The van der Waals surface area contributed by atoms with Gasteiger partial charge in [0.15, 0.2) is 5.82 Å². The van der Waals surface area contributed by atoms with Crippen molar-refractivity contribution in [3.8, 4) is 51.7 Å². The quantitative estimate of drug-likeness (QED) is 0.0954. The molecule has 0 radical (unpaired) electrons. The number of benzene rings is 3. The molecule has 1 fully saturated rings. The van der Waals surface area contributed by atoms with Gasteiger partial charge < -0.3 is 39.0 Å². The number of hydrogen-bond acceptors (Lipinski definition) is 13. The Morgan fingerprint density at radius 3 is 2.50 bits per heavy atom. The molecule has 1 saturated heterocycles. The van der Waals surface area contributed by atoms with E-state index in [9.17, 15) is 34.8 Å². The molecule has 340 valence electrons. The van der Waals surface area contributed by atoms with Crippen LogP contribution < -0.4 is 5.56 Å². The summed E-state index contributed by atoms with van der Waals surface area (Å²) in [6, 6.07) is 17.2. The lowest BCUT2D eigenvalue weighted by Gasteiger charge is -2.37. The number of ether oxygens (including phenoxy) is 2. The van der Waals surface area contributed by atoms with E-state index < -0.39 is 17.5 Å². The van der Waals surface area contributed by atoms with Crippen molar-refractivity contribution in [2.24, 2.45) is 5.92 Å². The number of aromatic hydroxyl groups is 4. The monoisotopic (exact) mass is 893 g/mol. The summed E-state index contributed by atoms with van der Waals surface area (Å²) in [5.41, 5.74) is 4.87. The Morgan fingerprint density at radius 1 is 0.939 bits per heavy atom. The van der Waals surface area contributed by atoms with Crippen molar-refractivity contribution in [2.75, 3.05) is 19.6 Å². The summed E-state index contributed by atoms with van der Waals surface area (Å²) in [7, 11) is 0. The van der Waals surface area contributed by atoms with Gasteiger partial charge in [0.25, 0.3) is 5.56 Å². The SMILES string of the molecule is CCc1c2c(nc3ccc(O)cc13)-c1cc3c(c(=O)n1C2)COC(=O)[C@@]3(CC)OC(=O)CN1CCC(CCn2ccc3cc(-n4c(O)nnc4-c4cc(C(C)C)c(O)cc4O)ccc32)CC1. The maximum atomic E-state index is 14.2. The van der Waals surface area contributed by atoms with Crippen LogP contribution in [0.4, 0.5) is 0 Å². The van der Waals surface area contributed by atoms with Gasteiger partial charge in [-0.1, -0.05) is 32.8 Å². The lowest BCUT2D eigenvalue weighted by atomic mass is 9.85. The Labute approximate surface area is 379 Å². The third-order valence-electron chi connectivity index (χ3n) is 13.9. The van der Waals surface area contributed by atoms with E-state index in [0.29, 0.717) is 71.3 Å². The van der Waals surface area contributed by atoms with Gasteiger partial charge in [0.05, 0.1) is 46.8 Å². The average Bonchev–Trinajstić information content (AvgIpc) is 4.00. The second-order valence-corrected chi connectivity index (χ2v) is 18.0. The molecule has 0 aliphatic carbocycles. The number of nitrogens with zero attached hydrogens (tertiary/aromatic N) is 7. The predicted octanol–water partition coefficient (Wildman–Crippen LogP) is 7.14. The molecule has 66 heavy (non-hydrogen) atoms. The second-order valence-electron chi connectivity index (χ2n) is 18.0. The zero-order chi connectivity index (χ0) is 46.2. The van der Waals surface area contributed by atoms with Gasteiger partial charge in [-0.3, -0.25) is 14.5 Å². The number of hydrogen-bond donors (Lipinski definition) is 4. The molecule has 7 heterocycles. The molecule has 4 N–H and O–H groups in total. The number of phenolic OH excluding ortho intramolecular Hbond substituents is 3. The van der Waals surface area contributed by atoms with Gasteiger partial charge in [-0.05, 0) is 123 Å². The fourth-order valence-electron chi connectivity index (χ4n) is 10.3. The normalized spacial score (nSPS) is 17.3. The Bertz CT molecular complexity index is 3180. The Morgan fingerprint density at radius 2 is 1.74 bits per heavy atom. The number of pyridine rings is 2. The molecule has 3 aliphatic rings. The minimum Gasteiger partial charge on any atom is -0.508 e. The number of aromatic nitrogens is 6. The van der Waals surface area contributed by atoms with E-state index in [0.717, 1.165) is 53.2 Å². The number of cyclic esters (lactones) is 1. The van der Waals surface area contributed by atoms with Gasteiger partial charge >= 0.3 is 17.9 Å². The zero-order valence-corrected chi connectivity index (χ0v) is 37.2. The number of phenols is 3. The predicted molar refractivity (Wildman–Crippen MR) is 245 cm³/mol. The van der Waals surface area contributed by atoms with Crippen molar-refractivity contribution >= 4 is 33.7 Å². The highest BCUT2D eigenvalue weighted by Gasteiger charge is 2.50. The summed E-state index contributed by atoms with van der Waals surface area (Å²) in [6.07, 6.45) is 5.46. The fraction of sp³-hybridized carbons (Fsp3) is 0.360. The molecule has 7 aromatic rings. The minimum atomic E-state index is -1.79. The number of rotatable bonds is 11. The van der Waals surface area contributed by atoms with E-state index in [1.165, 1.54) is 10.6 Å². The third kappa shape index (κ3) is 7.01. The molecule has 3 aromatic carbocycles. The van der Waals surface area contributed by atoms with Gasteiger partial charge in [-0.15, -0.1) is 5.10 Å². The number of carbonyl (C=O) groups is 2. The van der Waals surface area contributed by atoms with E-state index in [4.69, 9.17) is 14.5 Å². The lowest BCUT2D eigenvalue weighted by molar-refractivity contribution is -0.190. The average molecular weight is 894 g/mol. The van der Waals surface area contributed by atoms with Crippen LogP contribution >= 0.6 is 0 Å². The first-order valence-electron chi connectivity index (χ1n) is 22.6. The second kappa shape index (κ2) is 16.3. The van der Waals surface area contributed by atoms with Crippen LogP contribution in [0.15, 0.2) is 71.7 Å².